The molecular weight excluding hydrogens is 260 g/mol. The van der Waals surface area contributed by atoms with E-state index in [2.05, 4.69) is 4.98 Å². The molecule has 110 valence electrons. The Kier molecular flexibility index (Phi) is 4.54. The minimum atomic E-state index is -0.840. The number of carboxylic acids is 1. The second-order valence-corrected chi connectivity index (χ2v) is 5.15. The molecule has 6 nitrogen and oxygen atoms in total. The molecule has 1 aromatic rings. The van der Waals surface area contributed by atoms with Crippen LogP contribution >= 0.6 is 0 Å². The lowest BCUT2D eigenvalue weighted by Crippen LogP contribution is -2.34. The van der Waals surface area contributed by atoms with E-state index in [1.807, 2.05) is 6.92 Å². The number of carbonyl (C=O) groups is 1. The van der Waals surface area contributed by atoms with Gasteiger partial charge in [0, 0.05) is 37.1 Å². The van der Waals surface area contributed by atoms with Gasteiger partial charge in [-0.1, -0.05) is 0 Å². The molecule has 0 aliphatic carbocycles. The van der Waals surface area contributed by atoms with Crippen molar-refractivity contribution in [3.05, 3.63) is 27.4 Å². The van der Waals surface area contributed by atoms with Gasteiger partial charge in [-0.2, -0.15) is 4.98 Å². The highest BCUT2D eigenvalue weighted by atomic mass is 16.5. The fourth-order valence-electron chi connectivity index (χ4n) is 2.78. The number of hydrogen-bond donors (Lipinski definition) is 1. The van der Waals surface area contributed by atoms with E-state index in [4.69, 9.17) is 9.84 Å². The summed E-state index contributed by atoms with van der Waals surface area (Å²) >= 11 is 0. The van der Waals surface area contributed by atoms with Crippen LogP contribution in [0.15, 0.2) is 4.79 Å². The largest absolute Gasteiger partial charge is 0.481 e. The van der Waals surface area contributed by atoms with Crippen LogP contribution in [0.1, 0.15) is 42.3 Å². The molecule has 1 N–H and O–H groups in total. The summed E-state index contributed by atoms with van der Waals surface area (Å²) in [5.41, 5.74) is 2.11. The number of carboxylic acid groups (broad SMARTS) is 1. The van der Waals surface area contributed by atoms with Crippen LogP contribution in [0.4, 0.5) is 0 Å². The first kappa shape index (κ1) is 14.7. The van der Waals surface area contributed by atoms with Crippen molar-refractivity contribution in [2.75, 3.05) is 13.2 Å². The van der Waals surface area contributed by atoms with Crippen LogP contribution in [0.25, 0.3) is 0 Å². The Morgan fingerprint density at radius 1 is 1.40 bits per heavy atom. The Labute approximate surface area is 117 Å². The van der Waals surface area contributed by atoms with Crippen LogP contribution in [0, 0.1) is 13.8 Å². The maximum atomic E-state index is 12.1. The van der Waals surface area contributed by atoms with Crippen molar-refractivity contribution in [2.45, 2.75) is 45.6 Å². The highest BCUT2D eigenvalue weighted by Crippen LogP contribution is 2.23. The minimum absolute atomic E-state index is 0.0509. The molecule has 0 bridgehead atoms. The van der Waals surface area contributed by atoms with Crippen LogP contribution in [-0.4, -0.2) is 33.8 Å². The molecule has 2 heterocycles. The van der Waals surface area contributed by atoms with Gasteiger partial charge < -0.3 is 9.84 Å². The van der Waals surface area contributed by atoms with Gasteiger partial charge in [0.2, 0.25) is 0 Å². The number of hydrogen-bond acceptors (Lipinski definition) is 4. The van der Waals surface area contributed by atoms with E-state index in [1.165, 1.54) is 0 Å². The van der Waals surface area contributed by atoms with Crippen molar-refractivity contribution in [3.8, 4) is 0 Å². The van der Waals surface area contributed by atoms with Crippen molar-refractivity contribution in [2.24, 2.45) is 0 Å². The van der Waals surface area contributed by atoms with E-state index in [9.17, 15) is 9.59 Å². The van der Waals surface area contributed by atoms with Gasteiger partial charge in [-0.25, -0.2) is 4.79 Å². The SMILES string of the molecule is Cc1nc(=O)n(C2CCOCC2)c(C)c1CCC(=O)O. The van der Waals surface area contributed by atoms with E-state index in [0.717, 1.165) is 24.1 Å². The van der Waals surface area contributed by atoms with Gasteiger partial charge in [-0.05, 0) is 38.7 Å². The highest BCUT2D eigenvalue weighted by Gasteiger charge is 2.21. The maximum absolute atomic E-state index is 12.1. The van der Waals surface area contributed by atoms with Crippen LogP contribution in [0.3, 0.4) is 0 Å². The molecule has 0 aromatic carbocycles. The summed E-state index contributed by atoms with van der Waals surface area (Å²) in [6.45, 7) is 4.94. The monoisotopic (exact) mass is 280 g/mol. The lowest BCUT2D eigenvalue weighted by molar-refractivity contribution is -0.136. The molecular formula is C14H20N2O4. The smallest absolute Gasteiger partial charge is 0.348 e. The molecule has 1 aliphatic heterocycles. The molecule has 0 unspecified atom stereocenters. The quantitative estimate of drug-likeness (QED) is 0.897. The fraction of sp³-hybridized carbons (Fsp3) is 0.643. The van der Waals surface area contributed by atoms with E-state index in [-0.39, 0.29) is 18.2 Å². The molecule has 1 fully saturated rings. The lowest BCUT2D eigenvalue weighted by atomic mass is 10.0. The highest BCUT2D eigenvalue weighted by molar-refractivity contribution is 5.67. The third kappa shape index (κ3) is 3.07. The van der Waals surface area contributed by atoms with Crippen molar-refractivity contribution in [3.63, 3.8) is 0 Å². The minimum Gasteiger partial charge on any atom is -0.481 e. The fourth-order valence-corrected chi connectivity index (χ4v) is 2.78. The van der Waals surface area contributed by atoms with Crippen molar-refractivity contribution >= 4 is 5.97 Å². The van der Waals surface area contributed by atoms with Gasteiger partial charge >= 0.3 is 11.7 Å². The number of ether oxygens (including phenoxy) is 1. The summed E-state index contributed by atoms with van der Waals surface area (Å²) < 4.78 is 7.04. The summed E-state index contributed by atoms with van der Waals surface area (Å²) in [5.74, 6) is -0.840. The van der Waals surface area contributed by atoms with Gasteiger partial charge in [-0.3, -0.25) is 9.36 Å². The van der Waals surface area contributed by atoms with E-state index in [0.29, 0.717) is 25.3 Å². The number of nitrogens with zero attached hydrogens (tertiary/aromatic N) is 2. The Balaban J connectivity index is 2.38. The Morgan fingerprint density at radius 2 is 2.05 bits per heavy atom. The van der Waals surface area contributed by atoms with Crippen LogP contribution in [-0.2, 0) is 16.0 Å². The lowest BCUT2D eigenvalue weighted by Gasteiger charge is -2.27. The van der Waals surface area contributed by atoms with Gasteiger partial charge in [0.15, 0.2) is 0 Å². The zero-order valence-electron chi connectivity index (χ0n) is 11.9. The number of aliphatic carboxylic acids is 1. The second-order valence-electron chi connectivity index (χ2n) is 5.15. The number of rotatable bonds is 4. The zero-order chi connectivity index (χ0) is 14.7. The molecule has 0 atom stereocenters. The average molecular weight is 280 g/mol. The van der Waals surface area contributed by atoms with Crippen LogP contribution in [0.2, 0.25) is 0 Å². The molecule has 1 aliphatic rings. The standard InChI is InChI=1S/C14H20N2O4/c1-9-12(3-4-13(17)18)10(2)16(14(19)15-9)11-5-7-20-8-6-11/h11H,3-8H2,1-2H3,(H,17,18). The van der Waals surface area contributed by atoms with E-state index < -0.39 is 5.97 Å². The first-order valence-corrected chi connectivity index (χ1v) is 6.89. The normalized spacial score (nSPS) is 16.3. The van der Waals surface area contributed by atoms with Crippen molar-refractivity contribution < 1.29 is 14.6 Å². The predicted octanol–water partition coefficient (Wildman–Crippen LogP) is 1.23. The predicted molar refractivity (Wildman–Crippen MR) is 73.0 cm³/mol. The van der Waals surface area contributed by atoms with Gasteiger partial charge in [0.25, 0.3) is 0 Å². The van der Waals surface area contributed by atoms with E-state index >= 15 is 0 Å². The molecule has 0 spiro atoms. The number of aryl methyl sites for hydroxylation is 1. The summed E-state index contributed by atoms with van der Waals surface area (Å²) in [5, 5.41) is 8.82. The van der Waals surface area contributed by atoms with Gasteiger partial charge in [0.1, 0.15) is 0 Å². The van der Waals surface area contributed by atoms with E-state index in [1.54, 1.807) is 11.5 Å². The van der Waals surface area contributed by atoms with Crippen LogP contribution in [0.5, 0.6) is 0 Å². The summed E-state index contributed by atoms with van der Waals surface area (Å²) in [6.07, 6.45) is 2.05. The number of aromatic nitrogens is 2. The molecule has 0 saturated carbocycles. The maximum Gasteiger partial charge on any atom is 0.348 e. The van der Waals surface area contributed by atoms with Crippen molar-refractivity contribution in [1.29, 1.82) is 0 Å². The Bertz CT molecular complexity index is 559. The molecule has 2 rings (SSSR count). The second kappa shape index (κ2) is 6.17. The molecule has 20 heavy (non-hydrogen) atoms. The first-order valence-electron chi connectivity index (χ1n) is 6.89. The molecule has 0 radical (unpaired) electrons. The molecule has 1 aromatic heterocycles. The summed E-state index contributed by atoms with van der Waals surface area (Å²) in [7, 11) is 0. The average Bonchev–Trinajstić information content (AvgIpc) is 2.38. The molecule has 6 heteroatoms. The zero-order valence-corrected chi connectivity index (χ0v) is 11.9. The Morgan fingerprint density at radius 3 is 2.65 bits per heavy atom. The van der Waals surface area contributed by atoms with Crippen LogP contribution < -0.4 is 5.69 Å². The topological polar surface area (TPSA) is 81.4 Å². The summed E-state index contributed by atoms with van der Waals surface area (Å²) in [4.78, 5) is 26.9. The molecule has 1 saturated heterocycles. The third-order valence-electron chi connectivity index (χ3n) is 3.85. The molecule has 0 amide bonds. The first-order chi connectivity index (χ1) is 9.50. The third-order valence-corrected chi connectivity index (χ3v) is 3.85. The van der Waals surface area contributed by atoms with Gasteiger partial charge in [-0.15, -0.1) is 0 Å². The van der Waals surface area contributed by atoms with Gasteiger partial charge in [0.05, 0.1) is 0 Å². The summed E-state index contributed by atoms with van der Waals surface area (Å²) in [6, 6.07) is 0.105. The Hall–Kier alpha value is -1.69. The van der Waals surface area contributed by atoms with Crippen molar-refractivity contribution in [1.82, 2.24) is 9.55 Å².